The van der Waals surface area contributed by atoms with Gasteiger partial charge in [0.05, 0.1) is 11.9 Å². The molecule has 0 aliphatic carbocycles. The van der Waals surface area contributed by atoms with Gasteiger partial charge in [0.1, 0.15) is 5.82 Å². The van der Waals surface area contributed by atoms with Crippen molar-refractivity contribution in [2.45, 2.75) is 39.7 Å². The average Bonchev–Trinajstić information content (AvgIpc) is 2.30. The van der Waals surface area contributed by atoms with Gasteiger partial charge in [-0.05, 0) is 39.8 Å². The number of carbonyl (C=O) groups is 1. The van der Waals surface area contributed by atoms with Gasteiger partial charge in [0.15, 0.2) is 0 Å². The van der Waals surface area contributed by atoms with Crippen molar-refractivity contribution in [3.8, 4) is 0 Å². The molecule has 0 fully saturated rings. The molecule has 19 heavy (non-hydrogen) atoms. The minimum absolute atomic E-state index is 0.0424. The number of nitrogens with two attached hydrogens (primary N) is 1. The number of anilines is 2. The molecule has 1 rings (SSSR count). The molecular formula is C14H24N4O. The third kappa shape index (κ3) is 4.52. The molecule has 0 aromatic carbocycles. The zero-order chi connectivity index (χ0) is 14.5. The van der Waals surface area contributed by atoms with Crippen molar-refractivity contribution in [3.05, 3.63) is 18.3 Å². The zero-order valence-electron chi connectivity index (χ0n) is 12.2. The molecule has 1 aromatic rings. The lowest BCUT2D eigenvalue weighted by Gasteiger charge is -2.36. The molecule has 0 atom stereocenters. The highest BCUT2D eigenvalue weighted by Gasteiger charge is 2.20. The van der Waals surface area contributed by atoms with Crippen molar-refractivity contribution in [2.24, 2.45) is 5.73 Å². The Morgan fingerprint density at radius 3 is 2.53 bits per heavy atom. The van der Waals surface area contributed by atoms with Crippen molar-refractivity contribution in [1.82, 2.24) is 4.98 Å². The summed E-state index contributed by atoms with van der Waals surface area (Å²) < 4.78 is 0. The van der Waals surface area contributed by atoms with Crippen LogP contribution in [0.15, 0.2) is 18.3 Å². The molecule has 3 N–H and O–H groups in total. The van der Waals surface area contributed by atoms with Crippen molar-refractivity contribution < 1.29 is 4.79 Å². The Morgan fingerprint density at radius 1 is 1.42 bits per heavy atom. The maximum absolute atomic E-state index is 11.4. The van der Waals surface area contributed by atoms with E-state index in [1.807, 2.05) is 12.1 Å². The number of aromatic nitrogens is 1. The molecule has 1 heterocycles. The molecule has 0 unspecified atom stereocenters. The summed E-state index contributed by atoms with van der Waals surface area (Å²) >= 11 is 0. The Kier molecular flexibility index (Phi) is 5.30. The zero-order valence-corrected chi connectivity index (χ0v) is 12.2. The molecule has 106 valence electrons. The third-order valence-corrected chi connectivity index (χ3v) is 2.82. The first-order chi connectivity index (χ1) is 8.88. The first-order valence-corrected chi connectivity index (χ1v) is 6.62. The highest BCUT2D eigenvalue weighted by Crippen LogP contribution is 2.23. The normalized spacial score (nSPS) is 11.2. The molecule has 0 saturated carbocycles. The minimum atomic E-state index is -0.106. The number of carbonyl (C=O) groups excluding carboxylic acids is 1. The predicted octanol–water partition coefficient (Wildman–Crippen LogP) is 1.99. The summed E-state index contributed by atoms with van der Waals surface area (Å²) in [5.74, 6) is 0.457. The number of pyridine rings is 1. The SMILES string of the molecule is CCN(c1ccc(NC(=O)CCN)nc1)C(C)(C)C. The van der Waals surface area contributed by atoms with Gasteiger partial charge >= 0.3 is 0 Å². The molecule has 0 spiro atoms. The molecule has 0 radical (unpaired) electrons. The van der Waals surface area contributed by atoms with E-state index < -0.39 is 0 Å². The van der Waals surface area contributed by atoms with E-state index in [0.717, 1.165) is 12.2 Å². The van der Waals surface area contributed by atoms with Gasteiger partial charge in [0.25, 0.3) is 0 Å². The Morgan fingerprint density at radius 2 is 2.11 bits per heavy atom. The van der Waals surface area contributed by atoms with Crippen molar-refractivity contribution in [2.75, 3.05) is 23.3 Å². The lowest BCUT2D eigenvalue weighted by molar-refractivity contribution is -0.116. The molecule has 0 bridgehead atoms. The molecule has 5 nitrogen and oxygen atoms in total. The van der Waals surface area contributed by atoms with Crippen LogP contribution >= 0.6 is 0 Å². The minimum Gasteiger partial charge on any atom is -0.366 e. The molecule has 0 aliphatic heterocycles. The highest BCUT2D eigenvalue weighted by molar-refractivity contribution is 5.89. The molecule has 0 aliphatic rings. The van der Waals surface area contributed by atoms with E-state index in [2.05, 4.69) is 42.9 Å². The van der Waals surface area contributed by atoms with Gasteiger partial charge in [0.2, 0.25) is 5.91 Å². The van der Waals surface area contributed by atoms with E-state index in [-0.39, 0.29) is 11.4 Å². The van der Waals surface area contributed by atoms with Crippen LogP contribution in [0.1, 0.15) is 34.1 Å². The van der Waals surface area contributed by atoms with E-state index in [1.54, 1.807) is 6.20 Å². The number of amides is 1. The molecular weight excluding hydrogens is 240 g/mol. The summed E-state index contributed by atoms with van der Waals surface area (Å²) in [5, 5.41) is 2.72. The molecule has 1 aromatic heterocycles. The number of rotatable bonds is 5. The van der Waals surface area contributed by atoms with Gasteiger partial charge in [-0.15, -0.1) is 0 Å². The average molecular weight is 264 g/mol. The summed E-state index contributed by atoms with van der Waals surface area (Å²) in [7, 11) is 0. The summed E-state index contributed by atoms with van der Waals surface area (Å²) in [6.07, 6.45) is 2.10. The van der Waals surface area contributed by atoms with Gasteiger partial charge in [-0.25, -0.2) is 4.98 Å². The third-order valence-electron chi connectivity index (χ3n) is 2.82. The fourth-order valence-electron chi connectivity index (χ4n) is 2.00. The second-order valence-corrected chi connectivity index (χ2v) is 5.40. The topological polar surface area (TPSA) is 71.2 Å². The van der Waals surface area contributed by atoms with E-state index in [9.17, 15) is 4.79 Å². The van der Waals surface area contributed by atoms with Crippen LogP contribution in [-0.4, -0.2) is 29.5 Å². The monoisotopic (exact) mass is 264 g/mol. The van der Waals surface area contributed by atoms with Crippen LogP contribution < -0.4 is 16.0 Å². The fourth-order valence-corrected chi connectivity index (χ4v) is 2.00. The number of nitrogens with zero attached hydrogens (tertiary/aromatic N) is 2. The predicted molar refractivity (Wildman–Crippen MR) is 79.3 cm³/mol. The van der Waals surface area contributed by atoms with E-state index in [0.29, 0.717) is 18.8 Å². The summed E-state index contributed by atoms with van der Waals surface area (Å²) in [6.45, 7) is 9.85. The molecule has 1 amide bonds. The molecule has 5 heteroatoms. The van der Waals surface area contributed by atoms with E-state index >= 15 is 0 Å². The van der Waals surface area contributed by atoms with E-state index in [1.165, 1.54) is 0 Å². The van der Waals surface area contributed by atoms with Gasteiger partial charge in [-0.2, -0.15) is 0 Å². The van der Waals surface area contributed by atoms with Gasteiger partial charge in [0, 0.05) is 25.0 Å². The lowest BCUT2D eigenvalue weighted by atomic mass is 10.1. The van der Waals surface area contributed by atoms with Gasteiger partial charge in [-0.3, -0.25) is 4.79 Å². The quantitative estimate of drug-likeness (QED) is 0.853. The maximum atomic E-state index is 11.4. The standard InChI is InChI=1S/C14H24N4O/c1-5-18(14(2,3)4)11-6-7-12(16-10-11)17-13(19)8-9-15/h6-7,10H,5,8-9,15H2,1-4H3,(H,16,17,19). The van der Waals surface area contributed by atoms with Crippen LogP contribution in [0.3, 0.4) is 0 Å². The van der Waals surface area contributed by atoms with Crippen LogP contribution in [0.25, 0.3) is 0 Å². The van der Waals surface area contributed by atoms with Gasteiger partial charge < -0.3 is 16.0 Å². The van der Waals surface area contributed by atoms with Crippen LogP contribution in [0.4, 0.5) is 11.5 Å². The van der Waals surface area contributed by atoms with Gasteiger partial charge in [-0.1, -0.05) is 0 Å². The fraction of sp³-hybridized carbons (Fsp3) is 0.571. The first-order valence-electron chi connectivity index (χ1n) is 6.62. The summed E-state index contributed by atoms with van der Waals surface area (Å²) in [5.41, 5.74) is 6.42. The lowest BCUT2D eigenvalue weighted by Crippen LogP contribution is -2.41. The highest BCUT2D eigenvalue weighted by atomic mass is 16.1. The number of nitrogens with one attached hydrogen (secondary N) is 1. The summed E-state index contributed by atoms with van der Waals surface area (Å²) in [6, 6.07) is 3.79. The Labute approximate surface area is 115 Å². The number of hydrogen-bond donors (Lipinski definition) is 2. The summed E-state index contributed by atoms with van der Waals surface area (Å²) in [4.78, 5) is 17.9. The second-order valence-electron chi connectivity index (χ2n) is 5.40. The van der Waals surface area contributed by atoms with Crippen LogP contribution in [0.2, 0.25) is 0 Å². The van der Waals surface area contributed by atoms with Crippen LogP contribution in [0.5, 0.6) is 0 Å². The van der Waals surface area contributed by atoms with Crippen molar-refractivity contribution in [1.29, 1.82) is 0 Å². The second kappa shape index (κ2) is 6.52. The molecule has 0 saturated heterocycles. The van der Waals surface area contributed by atoms with Crippen molar-refractivity contribution in [3.63, 3.8) is 0 Å². The Balaban J connectivity index is 2.78. The first kappa shape index (κ1) is 15.4. The largest absolute Gasteiger partial charge is 0.366 e. The van der Waals surface area contributed by atoms with Crippen molar-refractivity contribution >= 4 is 17.4 Å². The Bertz CT molecular complexity index is 408. The smallest absolute Gasteiger partial charge is 0.226 e. The van der Waals surface area contributed by atoms with E-state index in [4.69, 9.17) is 5.73 Å². The number of hydrogen-bond acceptors (Lipinski definition) is 4. The maximum Gasteiger partial charge on any atom is 0.226 e. The van der Waals surface area contributed by atoms with Crippen LogP contribution in [0, 0.1) is 0 Å². The Hall–Kier alpha value is -1.62. The van der Waals surface area contributed by atoms with Crippen LogP contribution in [-0.2, 0) is 4.79 Å².